The molecular formula is C18H12O4P2. The van der Waals surface area contributed by atoms with Crippen molar-refractivity contribution in [2.24, 2.45) is 0 Å². The Morgan fingerprint density at radius 3 is 1.04 bits per heavy atom. The Labute approximate surface area is 141 Å². The van der Waals surface area contributed by atoms with Gasteiger partial charge in [-0.1, -0.05) is 36.4 Å². The molecule has 0 amide bonds. The van der Waals surface area contributed by atoms with Crippen molar-refractivity contribution in [3.63, 3.8) is 0 Å². The van der Waals surface area contributed by atoms with Crippen LogP contribution in [0.1, 0.15) is 0 Å². The van der Waals surface area contributed by atoms with Crippen LogP contribution in [0.2, 0.25) is 0 Å². The molecule has 2 aliphatic rings. The maximum absolute atomic E-state index is 6.01. The zero-order chi connectivity index (χ0) is 15.9. The Bertz CT molecular complexity index is 790. The monoisotopic (exact) mass is 354 g/mol. The van der Waals surface area contributed by atoms with Gasteiger partial charge in [0.05, 0.1) is 10.6 Å². The van der Waals surface area contributed by atoms with Crippen LogP contribution in [0.3, 0.4) is 0 Å². The van der Waals surface area contributed by atoms with Gasteiger partial charge < -0.3 is 18.1 Å². The van der Waals surface area contributed by atoms with Crippen molar-refractivity contribution in [1.29, 1.82) is 0 Å². The molecule has 0 unspecified atom stereocenters. The SMILES string of the molecule is c1ccc2c(c1)OP(c1ccccc1P1Oc3ccccc3O1)O2. The molecule has 0 saturated heterocycles. The molecule has 0 fully saturated rings. The van der Waals surface area contributed by atoms with Crippen molar-refractivity contribution in [1.82, 2.24) is 0 Å². The van der Waals surface area contributed by atoms with E-state index < -0.39 is 16.8 Å². The fourth-order valence-electron chi connectivity index (χ4n) is 2.57. The van der Waals surface area contributed by atoms with Crippen molar-refractivity contribution in [2.75, 3.05) is 0 Å². The van der Waals surface area contributed by atoms with Crippen LogP contribution in [-0.4, -0.2) is 0 Å². The van der Waals surface area contributed by atoms with Crippen LogP contribution >= 0.6 is 16.8 Å². The lowest BCUT2D eigenvalue weighted by molar-refractivity contribution is 0.583. The van der Waals surface area contributed by atoms with Crippen LogP contribution in [0.4, 0.5) is 0 Å². The maximum Gasteiger partial charge on any atom is 0.327 e. The van der Waals surface area contributed by atoms with E-state index in [0.29, 0.717) is 0 Å². The second-order valence-corrected chi connectivity index (χ2v) is 7.98. The third kappa shape index (κ3) is 2.31. The highest BCUT2D eigenvalue weighted by molar-refractivity contribution is 7.64. The molecule has 4 nitrogen and oxygen atoms in total. The summed E-state index contributed by atoms with van der Waals surface area (Å²) in [7, 11) is -2.45. The highest BCUT2D eigenvalue weighted by Gasteiger charge is 2.36. The zero-order valence-electron chi connectivity index (χ0n) is 12.5. The van der Waals surface area contributed by atoms with E-state index >= 15 is 0 Å². The first-order valence-corrected chi connectivity index (χ1v) is 9.83. The fourth-order valence-corrected chi connectivity index (χ4v) is 5.78. The lowest BCUT2D eigenvalue weighted by Gasteiger charge is -2.15. The van der Waals surface area contributed by atoms with Gasteiger partial charge >= 0.3 is 16.8 Å². The lowest BCUT2D eigenvalue weighted by atomic mass is 10.3. The zero-order valence-corrected chi connectivity index (χ0v) is 14.2. The number of hydrogen-bond acceptors (Lipinski definition) is 4. The van der Waals surface area contributed by atoms with Gasteiger partial charge in [0.2, 0.25) is 0 Å². The third-order valence-electron chi connectivity index (χ3n) is 3.70. The van der Waals surface area contributed by atoms with Gasteiger partial charge in [-0.25, -0.2) is 0 Å². The van der Waals surface area contributed by atoms with E-state index in [4.69, 9.17) is 18.1 Å². The van der Waals surface area contributed by atoms with Crippen LogP contribution in [0.25, 0.3) is 0 Å². The average Bonchev–Trinajstić information content (AvgIpc) is 3.25. The summed E-state index contributed by atoms with van der Waals surface area (Å²) in [5.74, 6) is 3.12. The van der Waals surface area contributed by atoms with E-state index in [1.807, 2.05) is 72.8 Å². The van der Waals surface area contributed by atoms with E-state index in [9.17, 15) is 0 Å². The average molecular weight is 354 g/mol. The van der Waals surface area contributed by atoms with Gasteiger partial charge in [0.15, 0.2) is 23.0 Å². The molecule has 2 aliphatic heterocycles. The predicted molar refractivity (Wildman–Crippen MR) is 94.9 cm³/mol. The van der Waals surface area contributed by atoms with Gasteiger partial charge in [-0.3, -0.25) is 0 Å². The number of rotatable bonds is 2. The molecule has 0 saturated carbocycles. The minimum Gasteiger partial charge on any atom is -0.431 e. The Balaban J connectivity index is 1.48. The summed E-state index contributed by atoms with van der Waals surface area (Å²) in [5.41, 5.74) is 0. The highest BCUT2D eigenvalue weighted by atomic mass is 31.2. The number of para-hydroxylation sites is 4. The molecule has 0 spiro atoms. The minimum absolute atomic E-state index is 0.780. The van der Waals surface area contributed by atoms with Gasteiger partial charge in [-0.15, -0.1) is 0 Å². The quantitative estimate of drug-likeness (QED) is 0.635. The van der Waals surface area contributed by atoms with E-state index in [-0.39, 0.29) is 0 Å². The lowest BCUT2D eigenvalue weighted by Crippen LogP contribution is -2.25. The summed E-state index contributed by atoms with van der Waals surface area (Å²) in [6, 6.07) is 23.4. The fraction of sp³-hybridized carbons (Fsp3) is 0. The molecule has 118 valence electrons. The van der Waals surface area contributed by atoms with E-state index in [1.165, 1.54) is 0 Å². The van der Waals surface area contributed by atoms with Crippen molar-refractivity contribution < 1.29 is 18.1 Å². The number of hydrogen-bond donors (Lipinski definition) is 0. The second kappa shape index (κ2) is 5.66. The molecular weight excluding hydrogens is 342 g/mol. The molecule has 0 aliphatic carbocycles. The Morgan fingerprint density at radius 1 is 0.417 bits per heavy atom. The summed E-state index contributed by atoms with van der Waals surface area (Å²) in [6.45, 7) is 0. The van der Waals surface area contributed by atoms with Crippen LogP contribution in [-0.2, 0) is 0 Å². The van der Waals surface area contributed by atoms with Gasteiger partial charge in [-0.05, 0) is 36.4 Å². The molecule has 6 heteroatoms. The standard InChI is InChI=1S/C18H12O4P2/c1-2-8-14-13(7-1)19-23(20-14)17-11-5-6-12-18(17)24-21-15-9-3-4-10-16(15)22-24/h1-12H. The minimum atomic E-state index is -1.22. The first-order chi connectivity index (χ1) is 11.9. The molecule has 24 heavy (non-hydrogen) atoms. The molecule has 5 rings (SSSR count). The van der Waals surface area contributed by atoms with Gasteiger partial charge in [0.1, 0.15) is 0 Å². The van der Waals surface area contributed by atoms with Gasteiger partial charge in [0, 0.05) is 0 Å². The molecule has 3 aromatic rings. The van der Waals surface area contributed by atoms with Gasteiger partial charge in [0.25, 0.3) is 0 Å². The highest BCUT2D eigenvalue weighted by Crippen LogP contribution is 2.55. The summed E-state index contributed by atoms with van der Waals surface area (Å²) in [5, 5.41) is 1.98. The van der Waals surface area contributed by atoms with Gasteiger partial charge in [-0.2, -0.15) is 0 Å². The Kier molecular flexibility index (Phi) is 3.33. The summed E-state index contributed by atoms with van der Waals surface area (Å²) < 4.78 is 24.0. The third-order valence-corrected chi connectivity index (χ3v) is 6.89. The summed E-state index contributed by atoms with van der Waals surface area (Å²) >= 11 is 0. The molecule has 0 aromatic heterocycles. The van der Waals surface area contributed by atoms with E-state index in [2.05, 4.69) is 0 Å². The molecule has 0 radical (unpaired) electrons. The molecule has 3 aromatic carbocycles. The predicted octanol–water partition coefficient (Wildman–Crippen LogP) is 4.50. The first-order valence-electron chi connectivity index (χ1n) is 7.48. The van der Waals surface area contributed by atoms with E-state index in [0.717, 1.165) is 33.6 Å². The normalized spacial score (nSPS) is 15.7. The number of benzene rings is 3. The summed E-state index contributed by atoms with van der Waals surface area (Å²) in [6.07, 6.45) is 0. The van der Waals surface area contributed by atoms with Crippen LogP contribution in [0.15, 0.2) is 72.8 Å². The Hall–Kier alpha value is -2.28. The van der Waals surface area contributed by atoms with Crippen LogP contribution in [0.5, 0.6) is 23.0 Å². The van der Waals surface area contributed by atoms with Crippen molar-refractivity contribution >= 4 is 27.4 Å². The van der Waals surface area contributed by atoms with Crippen molar-refractivity contribution in [3.05, 3.63) is 72.8 Å². The number of fused-ring (bicyclic) bond motifs is 2. The van der Waals surface area contributed by atoms with Crippen molar-refractivity contribution in [2.45, 2.75) is 0 Å². The summed E-state index contributed by atoms with van der Waals surface area (Å²) in [4.78, 5) is 0. The smallest absolute Gasteiger partial charge is 0.327 e. The largest absolute Gasteiger partial charge is 0.431 e. The first kappa shape index (κ1) is 14.1. The Morgan fingerprint density at radius 2 is 0.708 bits per heavy atom. The molecule has 0 N–H and O–H groups in total. The van der Waals surface area contributed by atoms with Crippen LogP contribution in [0, 0.1) is 0 Å². The topological polar surface area (TPSA) is 36.9 Å². The maximum atomic E-state index is 6.01. The van der Waals surface area contributed by atoms with Crippen LogP contribution < -0.4 is 28.7 Å². The van der Waals surface area contributed by atoms with E-state index in [1.54, 1.807) is 0 Å². The molecule has 0 bridgehead atoms. The van der Waals surface area contributed by atoms with Crippen molar-refractivity contribution in [3.8, 4) is 23.0 Å². The molecule has 2 heterocycles. The molecule has 0 atom stereocenters. The second-order valence-electron chi connectivity index (χ2n) is 5.26.